The lowest BCUT2D eigenvalue weighted by Gasteiger charge is -2.26. The molecule has 0 bridgehead atoms. The first kappa shape index (κ1) is 11.7. The van der Waals surface area contributed by atoms with E-state index in [0.29, 0.717) is 27.6 Å². The standard InChI is InChI=1S/C46H29NS2/c1-2-9-30(10-3-1)33-19-17-32-18-20-34(28-35(32)27-33)31-21-23-36(24-22-31)47(37-25-26-40-38-11-4-6-15-43(38)48-45(40)29-37)42-14-8-13-41-39-12-5-7-16-44(39)49-46(41)42/h1-29H/i1D,2D,3D,4D,5D,6D,7D,8D,9D,10D,11D,12D,13D,14D,15D,16D,17D,18D,19D,20D,21D,22D,23D,24D,25D,26D,27D,28D,29D. The lowest BCUT2D eigenvalue weighted by Crippen LogP contribution is -2.09. The Morgan fingerprint density at radius 2 is 0.939 bits per heavy atom. The third-order valence-electron chi connectivity index (χ3n) is 7.45. The van der Waals surface area contributed by atoms with E-state index in [1.54, 1.807) is 0 Å². The molecule has 0 unspecified atom stereocenters. The number of hydrogen-bond acceptors (Lipinski definition) is 3. The van der Waals surface area contributed by atoms with Crippen molar-refractivity contribution in [2.45, 2.75) is 0 Å². The maximum Gasteiger partial charge on any atom is 0.0660 e. The Kier molecular flexibility index (Phi) is 2.73. The molecule has 0 aliphatic rings. The van der Waals surface area contributed by atoms with Crippen LogP contribution in [-0.2, 0) is 0 Å². The molecule has 8 aromatic carbocycles. The van der Waals surface area contributed by atoms with E-state index in [-0.39, 0.29) is 40.3 Å². The summed E-state index contributed by atoms with van der Waals surface area (Å²) in [5.74, 6) is 0. The normalized spacial score (nSPS) is 20.0. The van der Waals surface area contributed by atoms with E-state index in [9.17, 15) is 13.7 Å². The number of fused-ring (bicyclic) bond motifs is 7. The third-order valence-corrected chi connectivity index (χ3v) is 9.58. The number of anilines is 3. The SMILES string of the molecule is [2H]c1c([2H])c([2H])c(-c2c([2H])c([2H])c3c([2H])c([2H])c(-c4c([2H])c([2H])c(N(c5c([2H])c([2H])c6c(sc7c([2H])c([2H])c([2H])c([2H])c76)c5[2H])c5c([2H])c([2H])c([2H])c6c5sc5c([2H])c([2H])c([2H])c([2H])c56)c([2H])c4[2H])c([2H])c3c2[2H])c([2H])c1[2H]. The van der Waals surface area contributed by atoms with Gasteiger partial charge < -0.3 is 4.90 Å². The van der Waals surface area contributed by atoms with Gasteiger partial charge in [0.15, 0.2) is 0 Å². The van der Waals surface area contributed by atoms with Gasteiger partial charge in [-0.1, -0.05) is 121 Å². The molecule has 2 heterocycles. The molecule has 0 radical (unpaired) electrons. The fourth-order valence-corrected chi connectivity index (χ4v) is 7.27. The summed E-state index contributed by atoms with van der Waals surface area (Å²) >= 11 is 1.15. The fraction of sp³-hybridized carbons (Fsp3) is 0. The Hall–Kier alpha value is -5.74. The molecule has 0 fully saturated rings. The van der Waals surface area contributed by atoms with Gasteiger partial charge in [-0.3, -0.25) is 0 Å². The van der Waals surface area contributed by atoms with Crippen molar-refractivity contribution in [2.24, 2.45) is 0 Å². The van der Waals surface area contributed by atoms with E-state index in [1.165, 1.54) is 0 Å². The first-order valence-electron chi connectivity index (χ1n) is 28.7. The molecule has 3 heteroatoms. The van der Waals surface area contributed by atoms with E-state index in [1.807, 2.05) is 0 Å². The monoisotopic (exact) mass is 688 g/mol. The van der Waals surface area contributed by atoms with Crippen molar-refractivity contribution in [3.8, 4) is 22.3 Å². The third kappa shape index (κ3) is 4.82. The highest BCUT2D eigenvalue weighted by Crippen LogP contribution is 2.46. The van der Waals surface area contributed by atoms with Crippen molar-refractivity contribution in [3.63, 3.8) is 0 Å². The molecule has 0 aliphatic heterocycles. The molecule has 0 atom stereocenters. The molecule has 0 amide bonds. The highest BCUT2D eigenvalue weighted by atomic mass is 32.1. The summed E-state index contributed by atoms with van der Waals surface area (Å²) < 4.78 is 259. The lowest BCUT2D eigenvalue weighted by atomic mass is 9.97. The highest BCUT2D eigenvalue weighted by Gasteiger charge is 2.19. The Bertz CT molecular complexity index is 4450. The second-order valence-corrected chi connectivity index (χ2v) is 12.3. The van der Waals surface area contributed by atoms with Crippen LogP contribution < -0.4 is 4.90 Å². The second kappa shape index (κ2) is 11.5. The van der Waals surface area contributed by atoms with Crippen LogP contribution >= 0.6 is 22.7 Å². The van der Waals surface area contributed by atoms with E-state index in [0.717, 1.165) is 0 Å². The average Bonchev–Trinajstić information content (AvgIpc) is 4.21. The van der Waals surface area contributed by atoms with Crippen molar-refractivity contribution < 1.29 is 39.8 Å². The zero-order valence-electron chi connectivity index (χ0n) is 53.3. The minimum absolute atomic E-state index is 0.146. The molecule has 10 rings (SSSR count). The van der Waals surface area contributed by atoms with Crippen LogP contribution in [0, 0.1) is 0 Å². The van der Waals surface area contributed by atoms with Gasteiger partial charge >= 0.3 is 0 Å². The molecule has 0 aliphatic carbocycles. The number of hydrogen-bond donors (Lipinski definition) is 0. The van der Waals surface area contributed by atoms with Gasteiger partial charge in [-0.25, -0.2) is 0 Å². The van der Waals surface area contributed by atoms with Crippen molar-refractivity contribution >= 4 is 90.9 Å². The zero-order chi connectivity index (χ0) is 57.5. The van der Waals surface area contributed by atoms with E-state index in [2.05, 4.69) is 0 Å². The zero-order valence-corrected chi connectivity index (χ0v) is 25.9. The van der Waals surface area contributed by atoms with Gasteiger partial charge in [0.2, 0.25) is 0 Å². The summed E-state index contributed by atoms with van der Waals surface area (Å²) in [6.45, 7) is 0. The fourth-order valence-electron chi connectivity index (χ4n) is 5.25. The molecule has 0 N–H and O–H groups in total. The van der Waals surface area contributed by atoms with Gasteiger partial charge in [0.1, 0.15) is 0 Å². The second-order valence-electron chi connectivity index (χ2n) is 10.3. The van der Waals surface area contributed by atoms with Crippen LogP contribution in [0.1, 0.15) is 39.8 Å². The summed E-state index contributed by atoms with van der Waals surface area (Å²) in [6, 6.07) is -25.2. The largest absolute Gasteiger partial charge is 0.309 e. The molecule has 0 saturated heterocycles. The van der Waals surface area contributed by atoms with Crippen LogP contribution in [0.15, 0.2) is 175 Å². The minimum Gasteiger partial charge on any atom is -0.309 e. The highest BCUT2D eigenvalue weighted by molar-refractivity contribution is 7.26. The molecule has 1 nitrogen and oxygen atoms in total. The van der Waals surface area contributed by atoms with Gasteiger partial charge in [-0.05, 0) is 87.4 Å². The summed E-state index contributed by atoms with van der Waals surface area (Å²) in [4.78, 5) is 0.649. The molecule has 230 valence electrons. The summed E-state index contributed by atoms with van der Waals surface area (Å²) in [7, 11) is 0. The van der Waals surface area contributed by atoms with Crippen LogP contribution in [0.4, 0.5) is 17.1 Å². The summed E-state index contributed by atoms with van der Waals surface area (Å²) in [5, 5.41) is -2.61. The van der Waals surface area contributed by atoms with Crippen LogP contribution in [0.5, 0.6) is 0 Å². The van der Waals surface area contributed by atoms with Crippen molar-refractivity contribution in [3.05, 3.63) is 175 Å². The average molecular weight is 689 g/mol. The first-order chi connectivity index (χ1) is 36.4. The molecular weight excluding hydrogens is 631 g/mol. The van der Waals surface area contributed by atoms with Gasteiger partial charge in [-0.15, -0.1) is 22.7 Å². The number of rotatable bonds is 5. The Morgan fingerprint density at radius 3 is 1.69 bits per heavy atom. The molecule has 10 aromatic rings. The number of benzene rings is 8. The van der Waals surface area contributed by atoms with Crippen LogP contribution in [0.25, 0.3) is 73.4 Å². The maximum atomic E-state index is 9.78. The van der Waals surface area contributed by atoms with Crippen molar-refractivity contribution in [2.75, 3.05) is 4.90 Å². The van der Waals surface area contributed by atoms with Crippen LogP contribution in [-0.4, -0.2) is 0 Å². The summed E-state index contributed by atoms with van der Waals surface area (Å²) in [5.41, 5.74) is -5.72. The molecular formula is C46H29NS2. The van der Waals surface area contributed by atoms with E-state index in [4.69, 9.17) is 26.0 Å². The van der Waals surface area contributed by atoms with E-state index >= 15 is 0 Å². The number of thiophene rings is 2. The quantitative estimate of drug-likeness (QED) is 0.174. The van der Waals surface area contributed by atoms with Gasteiger partial charge in [0.05, 0.1) is 50.1 Å². The lowest BCUT2D eigenvalue weighted by molar-refractivity contribution is 1.31. The predicted molar refractivity (Wildman–Crippen MR) is 215 cm³/mol. The van der Waals surface area contributed by atoms with Crippen molar-refractivity contribution in [1.29, 1.82) is 0 Å². The topological polar surface area (TPSA) is 3.24 Å². The number of nitrogens with zero attached hydrogens (tertiary/aromatic N) is 1. The van der Waals surface area contributed by atoms with Gasteiger partial charge in [-0.2, -0.15) is 0 Å². The predicted octanol–water partition coefficient (Wildman–Crippen LogP) is 14.4. The maximum absolute atomic E-state index is 9.78. The van der Waals surface area contributed by atoms with Crippen LogP contribution in [0.3, 0.4) is 0 Å². The molecule has 2 aromatic heterocycles. The molecule has 0 spiro atoms. The van der Waals surface area contributed by atoms with Gasteiger partial charge in [0.25, 0.3) is 0 Å². The Balaban J connectivity index is 1.37. The van der Waals surface area contributed by atoms with Gasteiger partial charge in [0, 0.05) is 47.0 Å². The summed E-state index contributed by atoms with van der Waals surface area (Å²) in [6.07, 6.45) is 0. The minimum atomic E-state index is -1.16. The first-order valence-corrected chi connectivity index (χ1v) is 15.9. The van der Waals surface area contributed by atoms with Crippen LogP contribution in [0.2, 0.25) is 0 Å². The Morgan fingerprint density at radius 1 is 0.367 bits per heavy atom. The smallest absolute Gasteiger partial charge is 0.0660 e. The molecule has 49 heavy (non-hydrogen) atoms. The molecule has 0 saturated carbocycles. The van der Waals surface area contributed by atoms with Crippen molar-refractivity contribution in [1.82, 2.24) is 0 Å². The van der Waals surface area contributed by atoms with E-state index < -0.39 is 225 Å². The Labute approximate surface area is 333 Å².